The average molecular weight is 519 g/mol. The Morgan fingerprint density at radius 3 is 2.50 bits per heavy atom. The maximum absolute atomic E-state index is 10.7. The summed E-state index contributed by atoms with van der Waals surface area (Å²) < 4.78 is 9.79. The van der Waals surface area contributed by atoms with Crippen molar-refractivity contribution in [3.05, 3.63) is 35.9 Å². The van der Waals surface area contributed by atoms with Crippen molar-refractivity contribution in [1.29, 1.82) is 0 Å². The molecule has 1 N–H and O–H groups in total. The zero-order valence-electron chi connectivity index (χ0n) is 22.9. The Labute approximate surface area is 223 Å². The molecule has 202 valence electrons. The predicted molar refractivity (Wildman–Crippen MR) is 148 cm³/mol. The minimum absolute atomic E-state index is 0.346. The first-order valence-corrected chi connectivity index (χ1v) is 13.8. The first-order valence-electron chi connectivity index (χ1n) is 13.8. The zero-order chi connectivity index (χ0) is 26.4. The summed E-state index contributed by atoms with van der Waals surface area (Å²) in [6.07, 6.45) is 2.79. The number of anilines is 1. The number of fused-ring (bicyclic) bond motifs is 2. The van der Waals surface area contributed by atoms with E-state index in [2.05, 4.69) is 34.4 Å². The van der Waals surface area contributed by atoms with Crippen molar-refractivity contribution < 1.29 is 9.84 Å². The summed E-state index contributed by atoms with van der Waals surface area (Å²) in [5.74, 6) is 3.65. The van der Waals surface area contributed by atoms with Gasteiger partial charge in [-0.05, 0) is 64.3 Å². The summed E-state index contributed by atoms with van der Waals surface area (Å²) in [5, 5.41) is 10.7. The Kier molecular flexibility index (Phi) is 6.57. The van der Waals surface area contributed by atoms with E-state index in [4.69, 9.17) is 24.7 Å². The molecule has 2 aliphatic rings. The summed E-state index contributed by atoms with van der Waals surface area (Å²) in [6.45, 7) is 11.6. The van der Waals surface area contributed by atoms with Gasteiger partial charge in [0, 0.05) is 20.1 Å². The summed E-state index contributed by atoms with van der Waals surface area (Å²) in [4.78, 5) is 24.7. The molecule has 0 amide bonds. The fourth-order valence-electron chi connectivity index (χ4n) is 5.92. The van der Waals surface area contributed by atoms with Crippen LogP contribution in [0.15, 0.2) is 24.3 Å². The van der Waals surface area contributed by atoms with Crippen LogP contribution in [-0.4, -0.2) is 84.1 Å². The summed E-state index contributed by atoms with van der Waals surface area (Å²) >= 11 is 0. The van der Waals surface area contributed by atoms with Gasteiger partial charge < -0.3 is 19.3 Å². The molecule has 0 aliphatic carbocycles. The van der Waals surface area contributed by atoms with Gasteiger partial charge in [-0.3, -0.25) is 9.47 Å². The van der Waals surface area contributed by atoms with E-state index in [9.17, 15) is 5.11 Å². The van der Waals surface area contributed by atoms with Crippen LogP contribution >= 0.6 is 0 Å². The second kappa shape index (κ2) is 9.91. The molecule has 38 heavy (non-hydrogen) atoms. The molecule has 6 rings (SSSR count). The number of rotatable bonds is 6. The molecule has 3 aromatic heterocycles. The molecule has 1 aromatic carbocycles. The molecular weight excluding hydrogens is 480 g/mol. The quantitative estimate of drug-likeness (QED) is 0.416. The van der Waals surface area contributed by atoms with Gasteiger partial charge in [0.25, 0.3) is 0 Å². The van der Waals surface area contributed by atoms with Gasteiger partial charge in [-0.1, -0.05) is 19.1 Å². The molecule has 0 saturated carbocycles. The largest absolute Gasteiger partial charge is 0.390 e. The molecule has 5 heterocycles. The van der Waals surface area contributed by atoms with E-state index in [0.717, 1.165) is 91.7 Å². The molecule has 2 aliphatic heterocycles. The van der Waals surface area contributed by atoms with E-state index < -0.39 is 5.60 Å². The van der Waals surface area contributed by atoms with Gasteiger partial charge >= 0.3 is 0 Å². The second-order valence-electron chi connectivity index (χ2n) is 11.0. The smallest absolute Gasteiger partial charge is 0.239 e. The molecule has 0 bridgehead atoms. The third-order valence-electron chi connectivity index (χ3n) is 8.57. The van der Waals surface area contributed by atoms with Gasteiger partial charge in [0.05, 0.1) is 36.4 Å². The van der Waals surface area contributed by atoms with Crippen molar-refractivity contribution in [2.75, 3.05) is 44.3 Å². The topological polar surface area (TPSA) is 97.4 Å². The fourth-order valence-corrected chi connectivity index (χ4v) is 5.92. The number of benzene rings is 1. The van der Waals surface area contributed by atoms with Crippen LogP contribution in [-0.2, 0) is 18.3 Å². The summed E-state index contributed by atoms with van der Waals surface area (Å²) in [6, 6.07) is 8.10. The Bertz CT molecular complexity index is 1440. The van der Waals surface area contributed by atoms with Crippen LogP contribution in [0.4, 0.5) is 5.82 Å². The first kappa shape index (κ1) is 25.2. The van der Waals surface area contributed by atoms with E-state index in [1.54, 1.807) is 0 Å². The van der Waals surface area contributed by atoms with Crippen LogP contribution < -0.4 is 4.90 Å². The third kappa shape index (κ3) is 4.44. The Hall–Kier alpha value is -3.08. The van der Waals surface area contributed by atoms with Crippen LogP contribution in [0.2, 0.25) is 0 Å². The van der Waals surface area contributed by atoms with Crippen LogP contribution in [0.3, 0.4) is 0 Å². The van der Waals surface area contributed by atoms with Gasteiger partial charge in [0.2, 0.25) is 5.95 Å². The molecule has 1 atom stereocenters. The van der Waals surface area contributed by atoms with Crippen LogP contribution in [0.1, 0.15) is 44.8 Å². The minimum Gasteiger partial charge on any atom is -0.390 e. The zero-order valence-corrected chi connectivity index (χ0v) is 22.9. The number of nitrogens with zero attached hydrogens (tertiary/aromatic N) is 8. The number of aryl methyl sites for hydroxylation is 2. The lowest BCUT2D eigenvalue weighted by Crippen LogP contribution is -2.43. The predicted octanol–water partition coefficient (Wildman–Crippen LogP) is 3.22. The number of piperidine rings is 1. The fraction of sp³-hybridized carbons (Fsp3) is 0.571. The van der Waals surface area contributed by atoms with Gasteiger partial charge in [-0.2, -0.15) is 9.97 Å². The maximum Gasteiger partial charge on any atom is 0.239 e. The monoisotopic (exact) mass is 518 g/mol. The molecular formula is C28H38N8O2. The van der Waals surface area contributed by atoms with Gasteiger partial charge in [0.1, 0.15) is 11.6 Å². The molecule has 10 nitrogen and oxygen atoms in total. The number of ether oxygens (including phenoxy) is 1. The van der Waals surface area contributed by atoms with Crippen molar-refractivity contribution in [2.24, 2.45) is 13.0 Å². The number of aliphatic hydroxyl groups is 1. The highest BCUT2D eigenvalue weighted by Crippen LogP contribution is 2.32. The van der Waals surface area contributed by atoms with Crippen LogP contribution in [0.25, 0.3) is 28.1 Å². The summed E-state index contributed by atoms with van der Waals surface area (Å²) in [7, 11) is 2.05. The summed E-state index contributed by atoms with van der Waals surface area (Å²) in [5.41, 5.74) is 2.99. The maximum atomic E-state index is 10.7. The average Bonchev–Trinajstić information content (AvgIpc) is 3.44. The standard InChI is InChI=1S/C28H38N8O2/c1-5-28(3,37)20-10-12-34(13-11-20)18-23-30-24-25(33(23)4)31-27(32-26(24)35-14-16-38-17-15-35)36-19(2)29-21-8-6-7-9-22(21)36/h6-9,20,37H,5,10-18H2,1-4H3/t28-/m0/s1. The number of imidazole rings is 2. The molecule has 2 saturated heterocycles. The molecule has 0 radical (unpaired) electrons. The number of likely N-dealkylation sites (tertiary alicyclic amines) is 1. The lowest BCUT2D eigenvalue weighted by molar-refractivity contribution is -0.0319. The van der Waals surface area contributed by atoms with Gasteiger partial charge in [0.15, 0.2) is 17.0 Å². The Balaban J connectivity index is 1.38. The normalized spacial score (nSPS) is 19.4. The van der Waals surface area contributed by atoms with Crippen molar-refractivity contribution in [3.63, 3.8) is 0 Å². The third-order valence-corrected chi connectivity index (χ3v) is 8.57. The van der Waals surface area contributed by atoms with Gasteiger partial charge in [-0.25, -0.2) is 9.97 Å². The molecule has 4 aromatic rings. The molecule has 0 spiro atoms. The number of morpholine rings is 1. The van der Waals surface area contributed by atoms with Crippen LogP contribution in [0.5, 0.6) is 0 Å². The van der Waals surface area contributed by atoms with Crippen LogP contribution in [0, 0.1) is 12.8 Å². The van der Waals surface area contributed by atoms with Crippen molar-refractivity contribution in [2.45, 2.75) is 52.2 Å². The lowest BCUT2D eigenvalue weighted by Gasteiger charge is -2.39. The highest BCUT2D eigenvalue weighted by molar-refractivity contribution is 5.86. The van der Waals surface area contributed by atoms with Crippen molar-refractivity contribution in [3.8, 4) is 5.95 Å². The molecule has 0 unspecified atom stereocenters. The number of para-hydroxylation sites is 2. The molecule has 10 heteroatoms. The lowest BCUT2D eigenvalue weighted by atomic mass is 9.80. The number of hydrogen-bond donors (Lipinski definition) is 1. The van der Waals surface area contributed by atoms with Crippen molar-refractivity contribution >= 4 is 28.0 Å². The second-order valence-corrected chi connectivity index (χ2v) is 11.0. The highest BCUT2D eigenvalue weighted by Gasteiger charge is 2.33. The Morgan fingerprint density at radius 2 is 1.76 bits per heavy atom. The van der Waals surface area contributed by atoms with E-state index in [1.165, 1.54) is 0 Å². The van der Waals surface area contributed by atoms with Crippen molar-refractivity contribution in [1.82, 2.24) is 34.0 Å². The van der Waals surface area contributed by atoms with Gasteiger partial charge in [-0.15, -0.1) is 0 Å². The van der Waals surface area contributed by atoms with E-state index in [1.807, 2.05) is 36.6 Å². The van der Waals surface area contributed by atoms with E-state index in [-0.39, 0.29) is 0 Å². The number of aromatic nitrogens is 6. The van der Waals surface area contributed by atoms with E-state index in [0.29, 0.717) is 25.1 Å². The minimum atomic E-state index is -0.585. The SMILES string of the molecule is CC[C@](C)(O)C1CCN(Cc2nc3c(N4CCOCC4)nc(-n4c(C)nc5ccccc54)nc3n2C)CC1. The highest BCUT2D eigenvalue weighted by atomic mass is 16.5. The Morgan fingerprint density at radius 1 is 1.03 bits per heavy atom. The first-order chi connectivity index (χ1) is 18.4. The molecule has 2 fully saturated rings. The van der Waals surface area contributed by atoms with E-state index >= 15 is 0 Å². The number of hydrogen-bond acceptors (Lipinski definition) is 8.